The van der Waals surface area contributed by atoms with Gasteiger partial charge in [-0.25, -0.2) is 4.79 Å². The van der Waals surface area contributed by atoms with Crippen molar-refractivity contribution >= 4 is 110 Å². The molecule has 2 heterocycles. The van der Waals surface area contributed by atoms with Crippen LogP contribution < -0.4 is 65.1 Å². The van der Waals surface area contributed by atoms with Gasteiger partial charge in [0.05, 0.1) is 37.2 Å². The Labute approximate surface area is 633 Å². The number of hydrogen-bond acceptors (Lipinski definition) is 25. The van der Waals surface area contributed by atoms with Crippen LogP contribution in [0.2, 0.25) is 0 Å². The van der Waals surface area contributed by atoms with Crippen LogP contribution in [0.3, 0.4) is 0 Å². The van der Waals surface area contributed by atoms with Gasteiger partial charge >= 0.3 is 23.9 Å². The van der Waals surface area contributed by atoms with E-state index in [0.29, 0.717) is 23.1 Å². The fourth-order valence-corrected chi connectivity index (χ4v) is 13.9. The number of phenols is 2. The molecule has 11 amide bonds. The van der Waals surface area contributed by atoms with E-state index in [9.17, 15) is 88.7 Å². The van der Waals surface area contributed by atoms with E-state index in [1.165, 1.54) is 99.6 Å². The van der Waals surface area contributed by atoms with Crippen LogP contribution in [0.5, 0.6) is 11.5 Å². The summed E-state index contributed by atoms with van der Waals surface area (Å²) >= 11 is 0. The highest BCUT2D eigenvalue weighted by Gasteiger charge is 2.38. The number of nitrogens with two attached hydrogens (primary N) is 3. The zero-order valence-corrected chi connectivity index (χ0v) is 61.2. The molecule has 38 nitrogen and oxygen atoms in total. The van der Waals surface area contributed by atoms with Crippen LogP contribution in [0.25, 0.3) is 0 Å². The second kappa shape index (κ2) is 43.9. The maximum atomic E-state index is 15.4. The molecular formula is C69H93N17O21S2. The number of nitrogens with zero attached hydrogens (tertiary/aromatic N) is 5. The molecule has 2 saturated heterocycles. The minimum absolute atomic E-state index is 0.00695. The number of aliphatic carboxylic acids is 3. The largest absolute Gasteiger partial charge is 0.508 e. The lowest BCUT2D eigenvalue weighted by Gasteiger charge is -2.33. The molecule has 21 N–H and O–H groups in total. The number of non-ortho nitro benzene ring substituents is 1. The number of hydrogen-bond donors (Lipinski definition) is 18. The van der Waals surface area contributed by atoms with E-state index in [1.54, 1.807) is 4.90 Å². The Morgan fingerprint density at radius 2 is 0.982 bits per heavy atom. The van der Waals surface area contributed by atoms with Gasteiger partial charge in [-0.3, -0.25) is 87.2 Å². The average Bonchev–Trinajstić information content (AvgIpc) is 0.841. The summed E-state index contributed by atoms with van der Waals surface area (Å²) in [5, 5.41) is 95.9. The van der Waals surface area contributed by atoms with Crippen LogP contribution in [-0.4, -0.2) is 283 Å². The lowest BCUT2D eigenvalue weighted by Crippen LogP contribution is -2.62. The maximum absolute atomic E-state index is 15.4. The number of unbranched alkanes of at least 4 members (excludes halogenated alkanes) is 1. The Morgan fingerprint density at radius 1 is 0.550 bits per heavy atom. The van der Waals surface area contributed by atoms with Crippen molar-refractivity contribution in [3.8, 4) is 11.5 Å². The number of nitrogens with one attached hydrogen (secondary N) is 9. The lowest BCUT2D eigenvalue weighted by molar-refractivity contribution is -0.384. The number of aliphatic hydroxyl groups is 1. The van der Waals surface area contributed by atoms with E-state index >= 15 is 14.4 Å². The summed E-state index contributed by atoms with van der Waals surface area (Å²) in [6.07, 6.45) is -2.73. The predicted octanol–water partition coefficient (Wildman–Crippen LogP) is -3.49. The molecule has 6 rings (SSSR count). The molecule has 2 aliphatic heterocycles. The van der Waals surface area contributed by atoms with Crippen LogP contribution in [0.15, 0.2) is 97.1 Å². The summed E-state index contributed by atoms with van der Waals surface area (Å²) in [7, 11) is 1.61. The van der Waals surface area contributed by atoms with Crippen LogP contribution in [0, 0.1) is 10.1 Å². The van der Waals surface area contributed by atoms with Crippen molar-refractivity contribution in [3.63, 3.8) is 0 Å². The van der Waals surface area contributed by atoms with Crippen molar-refractivity contribution in [3.05, 3.63) is 129 Å². The molecule has 2 fully saturated rings. The Kier molecular flexibility index (Phi) is 35.1. The Bertz CT molecular complexity index is 3780. The second-order valence-corrected chi connectivity index (χ2v) is 28.6. The third-order valence-electron chi connectivity index (χ3n) is 17.4. The highest BCUT2D eigenvalue weighted by atomic mass is 33.1. The highest BCUT2D eigenvalue weighted by molar-refractivity contribution is 8.76. The summed E-state index contributed by atoms with van der Waals surface area (Å²) in [4.78, 5) is 197. The van der Waals surface area contributed by atoms with E-state index in [1.807, 2.05) is 0 Å². The van der Waals surface area contributed by atoms with Crippen molar-refractivity contribution in [2.75, 3.05) is 102 Å². The summed E-state index contributed by atoms with van der Waals surface area (Å²) in [5.41, 5.74) is 18.2. The number of benzene rings is 4. The van der Waals surface area contributed by atoms with Crippen LogP contribution in [0.4, 0.5) is 16.2 Å². The number of aromatic hydroxyl groups is 2. The summed E-state index contributed by atoms with van der Waals surface area (Å²) in [6, 6.07) is 7.49. The number of phenolic OH excluding ortho intramolecular Hbond substituents is 2. The van der Waals surface area contributed by atoms with Crippen molar-refractivity contribution in [2.45, 2.75) is 106 Å². The SMILES string of the molecule is C[C@@H](O)[C@@H]1NC(=O)[C@H](CCCCN)NC(=O)[C@@H](Cc2ccc(NC(N)=O)cc2)NC(=O)[C@H](Cc2ccc(O)cc2)NC(=O)[C@H](NC(=O)[C@@H](Cc2ccc([N+](=O)[O-])cc2)NC(=O)CN2CCN(CC(=O)O)CCN(CC(=O)O)CCN(CC(=O)O)CC2)CSSC[C@@H](C(=O)N[C@H](Cc2ccc(O)cc2)C(N)=O)NC1=O. The number of primary amides is 2. The molecule has 4 aromatic carbocycles. The minimum atomic E-state index is -1.88. The first-order chi connectivity index (χ1) is 51.8. The Hall–Kier alpha value is -10.8. The summed E-state index contributed by atoms with van der Waals surface area (Å²) in [6.45, 7) is -0.478. The van der Waals surface area contributed by atoms with Gasteiger partial charge in [0.25, 0.3) is 5.69 Å². The van der Waals surface area contributed by atoms with Crippen molar-refractivity contribution in [1.82, 2.24) is 62.1 Å². The van der Waals surface area contributed by atoms with E-state index in [2.05, 4.69) is 47.9 Å². The fourth-order valence-electron chi connectivity index (χ4n) is 11.5. The van der Waals surface area contributed by atoms with Crippen LogP contribution in [0.1, 0.15) is 48.4 Å². The molecule has 40 heteroatoms. The molecule has 0 bridgehead atoms. The molecule has 0 aliphatic carbocycles. The molecule has 9 atom stereocenters. The molecule has 4 aromatic rings. The van der Waals surface area contributed by atoms with E-state index < -0.39 is 181 Å². The van der Waals surface area contributed by atoms with Gasteiger partial charge in [-0.15, -0.1) is 0 Å². The van der Waals surface area contributed by atoms with E-state index in [-0.39, 0.29) is 119 Å². The molecule has 0 saturated carbocycles. The number of carbonyl (C=O) groups is 13. The number of carboxylic acid groups (broad SMARTS) is 3. The molecular weight excluding hydrogens is 1470 g/mol. The van der Waals surface area contributed by atoms with Gasteiger partial charge in [-0.1, -0.05) is 70.1 Å². The maximum Gasteiger partial charge on any atom is 0.317 e. The number of nitro benzene ring substituents is 1. The topological polar surface area (TPSA) is 586 Å². The van der Waals surface area contributed by atoms with Crippen molar-refractivity contribution in [2.24, 2.45) is 17.2 Å². The number of aliphatic hydroxyl groups excluding tert-OH is 1. The molecule has 0 radical (unpaired) electrons. The number of rotatable bonds is 29. The normalized spacial score (nSPS) is 20.5. The zero-order chi connectivity index (χ0) is 79.9. The van der Waals surface area contributed by atoms with Gasteiger partial charge in [0, 0.05) is 107 Å². The number of amides is 11. The van der Waals surface area contributed by atoms with Gasteiger partial charge < -0.3 is 95.7 Å². The van der Waals surface area contributed by atoms with Crippen LogP contribution in [-0.2, 0) is 83.2 Å². The fraction of sp³-hybridized carbons (Fsp3) is 0.464. The van der Waals surface area contributed by atoms with Crippen molar-refractivity contribution in [1.29, 1.82) is 0 Å². The number of carbonyl (C=O) groups excluding carboxylic acids is 10. The quantitative estimate of drug-likeness (QED) is 0.0109. The molecule has 0 aromatic heterocycles. The number of nitro groups is 1. The standard InChI is InChI=1S/C69H93N17O21S2/c1-40(87)60-68(104)80-55(66(102)76-50(61(71)97)30-43-9-17-47(88)18-10-43)39-109-108-38-54(67(103)78-53(33-44-11-19-48(89)20-12-44)65(101)77-52(32-41-5-13-45(14-6-41)73-69(72)105)64(100)75-49(62(98)81-60)4-2-3-21-70)79-63(99)51(31-42-7-15-46(16-8-42)86(106)107)74-56(90)34-82-22-24-83(35-57(91)92)26-28-85(37-59(95)96)29-27-84(25-23-82)36-58(93)94/h5-20,40,49-55,60,87-89H,2-4,21-39,70H2,1H3,(H2,71,97)(H,74,90)(H,75,100)(H,76,102)(H,77,101)(H,78,103)(H,79,99)(H,80,104)(H,81,98)(H,91,92)(H,93,94)(H,95,96)(H3,72,73,105)/t40-,49+,50-,51-,52-,53+,54-,55+,60+/m1/s1. The average molecular weight is 1560 g/mol. The third kappa shape index (κ3) is 30.8. The second-order valence-electron chi connectivity index (χ2n) is 26.0. The van der Waals surface area contributed by atoms with Gasteiger partial charge in [-0.2, -0.15) is 0 Å². The smallest absolute Gasteiger partial charge is 0.317 e. The lowest BCUT2D eigenvalue weighted by atomic mass is 10.0. The monoisotopic (exact) mass is 1560 g/mol. The van der Waals surface area contributed by atoms with E-state index in [4.69, 9.17) is 17.2 Å². The van der Waals surface area contributed by atoms with Gasteiger partial charge in [0.2, 0.25) is 53.2 Å². The predicted molar refractivity (Wildman–Crippen MR) is 397 cm³/mol. The van der Waals surface area contributed by atoms with Gasteiger partial charge in [0.1, 0.15) is 59.8 Å². The first kappa shape index (κ1) is 87.2. The highest BCUT2D eigenvalue weighted by Crippen LogP contribution is 2.25. The molecule has 0 unspecified atom stereocenters. The Balaban J connectivity index is 1.45. The van der Waals surface area contributed by atoms with Crippen LogP contribution >= 0.6 is 21.6 Å². The summed E-state index contributed by atoms with van der Waals surface area (Å²) in [5.74, 6) is -14.2. The number of carboxylic acids is 3. The minimum Gasteiger partial charge on any atom is -0.508 e. The first-order valence-corrected chi connectivity index (χ1v) is 37.1. The van der Waals surface area contributed by atoms with Gasteiger partial charge in [0.15, 0.2) is 0 Å². The number of anilines is 1. The third-order valence-corrected chi connectivity index (χ3v) is 19.8. The Morgan fingerprint density at radius 3 is 1.44 bits per heavy atom. The molecule has 592 valence electrons. The molecule has 0 spiro atoms. The molecule has 109 heavy (non-hydrogen) atoms. The van der Waals surface area contributed by atoms with Crippen molar-refractivity contribution < 1.29 is 97.9 Å². The summed E-state index contributed by atoms with van der Waals surface area (Å²) < 4.78 is 0. The van der Waals surface area contributed by atoms with Gasteiger partial charge in [-0.05, 0) is 91.4 Å². The zero-order valence-electron chi connectivity index (χ0n) is 59.6. The van der Waals surface area contributed by atoms with E-state index in [0.717, 1.165) is 40.6 Å². The first-order valence-electron chi connectivity index (χ1n) is 34.6. The number of urea groups is 1. The molecule has 2 aliphatic rings.